The van der Waals surface area contributed by atoms with Gasteiger partial charge in [-0.15, -0.1) is 0 Å². The molecule has 1 aromatic heterocycles. The number of nitrogens with two attached hydrogens (primary N) is 1. The van der Waals surface area contributed by atoms with Gasteiger partial charge in [0, 0.05) is 11.8 Å². The van der Waals surface area contributed by atoms with Crippen molar-refractivity contribution in [3.05, 3.63) is 41.9 Å². The zero-order valence-electron chi connectivity index (χ0n) is 10.8. The van der Waals surface area contributed by atoms with E-state index in [4.69, 9.17) is 19.9 Å². The van der Waals surface area contributed by atoms with E-state index >= 15 is 0 Å². The molecule has 0 aromatic carbocycles. The van der Waals surface area contributed by atoms with Crippen molar-refractivity contribution in [2.24, 2.45) is 5.73 Å². The summed E-state index contributed by atoms with van der Waals surface area (Å²) in [6.07, 6.45) is 8.00. The Balaban J connectivity index is 1.91. The molecular formula is C13H15N3O4. The summed E-state index contributed by atoms with van der Waals surface area (Å²) < 4.78 is 17.9. The number of carbonyl (C=O) groups excluding carboxylic acids is 1. The topological polar surface area (TPSA) is 88.6 Å². The standard InChI is InChI=1S/C13H15N3O4/c14-13(17)12-9(10-8-18-5-6-19-10)7-16(15-12)11-3-1-2-4-20-11/h1-4,7,10-11H,5-6,8H2,(H2,14,17). The van der Waals surface area contributed by atoms with Gasteiger partial charge >= 0.3 is 0 Å². The van der Waals surface area contributed by atoms with E-state index in [1.165, 1.54) is 0 Å². The molecule has 1 saturated heterocycles. The van der Waals surface area contributed by atoms with E-state index in [1.54, 1.807) is 23.2 Å². The molecule has 0 radical (unpaired) electrons. The average Bonchev–Trinajstić information content (AvgIpc) is 2.94. The fraction of sp³-hybridized carbons (Fsp3) is 0.385. The maximum absolute atomic E-state index is 11.5. The molecule has 1 fully saturated rings. The second-order valence-electron chi connectivity index (χ2n) is 4.45. The van der Waals surface area contributed by atoms with Gasteiger partial charge in [-0.25, -0.2) is 4.68 Å². The lowest BCUT2D eigenvalue weighted by Gasteiger charge is -2.22. The van der Waals surface area contributed by atoms with Gasteiger partial charge in [0.1, 0.15) is 6.10 Å². The van der Waals surface area contributed by atoms with Crippen LogP contribution in [-0.2, 0) is 14.2 Å². The van der Waals surface area contributed by atoms with Crippen molar-refractivity contribution >= 4 is 5.91 Å². The molecule has 2 aliphatic heterocycles. The largest absolute Gasteiger partial charge is 0.473 e. The normalized spacial score (nSPS) is 25.4. The zero-order chi connectivity index (χ0) is 13.9. The van der Waals surface area contributed by atoms with Crippen LogP contribution in [0.5, 0.6) is 0 Å². The van der Waals surface area contributed by atoms with Crippen LogP contribution in [0.15, 0.2) is 30.7 Å². The highest BCUT2D eigenvalue weighted by molar-refractivity contribution is 5.92. The summed E-state index contributed by atoms with van der Waals surface area (Å²) in [4.78, 5) is 11.5. The van der Waals surface area contributed by atoms with Crippen molar-refractivity contribution in [2.75, 3.05) is 19.8 Å². The Labute approximate surface area is 115 Å². The predicted molar refractivity (Wildman–Crippen MR) is 68.7 cm³/mol. The Morgan fingerprint density at radius 2 is 2.30 bits per heavy atom. The third-order valence-corrected chi connectivity index (χ3v) is 3.10. The monoisotopic (exact) mass is 277 g/mol. The van der Waals surface area contributed by atoms with E-state index in [1.807, 2.05) is 12.2 Å². The summed E-state index contributed by atoms with van der Waals surface area (Å²) in [6, 6.07) is 0. The number of primary amides is 1. The minimum absolute atomic E-state index is 0.187. The first-order valence-corrected chi connectivity index (χ1v) is 6.32. The maximum Gasteiger partial charge on any atom is 0.269 e. The molecule has 3 rings (SSSR count). The molecule has 20 heavy (non-hydrogen) atoms. The minimum Gasteiger partial charge on any atom is -0.473 e. The van der Waals surface area contributed by atoms with Crippen LogP contribution >= 0.6 is 0 Å². The van der Waals surface area contributed by atoms with Crippen molar-refractivity contribution in [1.29, 1.82) is 0 Å². The molecule has 0 saturated carbocycles. The molecule has 0 bridgehead atoms. The Bertz CT molecular complexity index is 558. The number of amides is 1. The van der Waals surface area contributed by atoms with Gasteiger partial charge in [0.15, 0.2) is 5.69 Å². The first-order valence-electron chi connectivity index (χ1n) is 6.32. The van der Waals surface area contributed by atoms with Crippen LogP contribution in [0.25, 0.3) is 0 Å². The second-order valence-corrected chi connectivity index (χ2v) is 4.45. The molecule has 1 aromatic rings. The second kappa shape index (κ2) is 5.48. The van der Waals surface area contributed by atoms with Crippen LogP contribution in [-0.4, -0.2) is 35.5 Å². The lowest BCUT2D eigenvalue weighted by atomic mass is 10.1. The number of ether oxygens (including phenoxy) is 3. The summed E-state index contributed by atoms with van der Waals surface area (Å²) in [7, 11) is 0. The molecule has 2 N–H and O–H groups in total. The number of aromatic nitrogens is 2. The van der Waals surface area contributed by atoms with E-state index in [-0.39, 0.29) is 11.8 Å². The van der Waals surface area contributed by atoms with Gasteiger partial charge in [0.25, 0.3) is 5.91 Å². The number of hydrogen-bond acceptors (Lipinski definition) is 5. The fourth-order valence-electron chi connectivity index (χ4n) is 2.16. The summed E-state index contributed by atoms with van der Waals surface area (Å²) in [5, 5.41) is 4.21. The van der Waals surface area contributed by atoms with Gasteiger partial charge in [0.05, 0.1) is 26.1 Å². The molecule has 7 nitrogen and oxygen atoms in total. The fourth-order valence-corrected chi connectivity index (χ4v) is 2.16. The third-order valence-electron chi connectivity index (χ3n) is 3.10. The Hall–Kier alpha value is -2.12. The van der Waals surface area contributed by atoms with Crippen LogP contribution in [0, 0.1) is 0 Å². The van der Waals surface area contributed by atoms with Crippen molar-refractivity contribution in [2.45, 2.75) is 12.3 Å². The Morgan fingerprint density at radius 1 is 1.40 bits per heavy atom. The highest BCUT2D eigenvalue weighted by Crippen LogP contribution is 2.26. The number of rotatable bonds is 3. The van der Waals surface area contributed by atoms with Gasteiger partial charge in [-0.3, -0.25) is 4.79 Å². The zero-order valence-corrected chi connectivity index (χ0v) is 10.8. The predicted octanol–water partition coefficient (Wildman–Crippen LogP) is 0.669. The smallest absolute Gasteiger partial charge is 0.269 e. The van der Waals surface area contributed by atoms with Crippen molar-refractivity contribution in [3.8, 4) is 0 Å². The molecule has 106 valence electrons. The Kier molecular flexibility index (Phi) is 3.53. The van der Waals surface area contributed by atoms with Crippen molar-refractivity contribution in [1.82, 2.24) is 9.78 Å². The Morgan fingerprint density at radius 3 is 2.95 bits per heavy atom. The van der Waals surface area contributed by atoms with Crippen LogP contribution in [0.2, 0.25) is 0 Å². The molecule has 0 aliphatic carbocycles. The number of carbonyl (C=O) groups is 1. The van der Waals surface area contributed by atoms with Gasteiger partial charge in [-0.05, 0) is 12.2 Å². The lowest BCUT2D eigenvalue weighted by Crippen LogP contribution is -2.24. The molecule has 1 amide bonds. The van der Waals surface area contributed by atoms with Gasteiger partial charge < -0.3 is 19.9 Å². The highest BCUT2D eigenvalue weighted by Gasteiger charge is 2.26. The summed E-state index contributed by atoms with van der Waals surface area (Å²) in [5.41, 5.74) is 6.20. The highest BCUT2D eigenvalue weighted by atomic mass is 16.6. The summed E-state index contributed by atoms with van der Waals surface area (Å²) >= 11 is 0. The van der Waals surface area contributed by atoms with Gasteiger partial charge in [0.2, 0.25) is 6.23 Å². The van der Waals surface area contributed by atoms with Crippen LogP contribution in [0.3, 0.4) is 0 Å². The van der Waals surface area contributed by atoms with Crippen LogP contribution in [0.1, 0.15) is 28.4 Å². The average molecular weight is 277 g/mol. The minimum atomic E-state index is -0.594. The molecule has 7 heteroatoms. The van der Waals surface area contributed by atoms with Crippen LogP contribution < -0.4 is 5.73 Å². The lowest BCUT2D eigenvalue weighted by molar-refractivity contribution is -0.0903. The van der Waals surface area contributed by atoms with Crippen molar-refractivity contribution in [3.63, 3.8) is 0 Å². The molecule has 3 heterocycles. The van der Waals surface area contributed by atoms with E-state index in [0.717, 1.165) is 0 Å². The number of hydrogen-bond donors (Lipinski definition) is 1. The van der Waals surface area contributed by atoms with E-state index in [0.29, 0.717) is 25.4 Å². The molecule has 2 aliphatic rings. The first-order chi connectivity index (χ1) is 9.75. The van der Waals surface area contributed by atoms with Gasteiger partial charge in [-0.1, -0.05) is 6.08 Å². The van der Waals surface area contributed by atoms with E-state index in [2.05, 4.69) is 5.10 Å². The number of nitrogens with zero attached hydrogens (tertiary/aromatic N) is 2. The van der Waals surface area contributed by atoms with E-state index in [9.17, 15) is 4.79 Å². The molecule has 2 unspecified atom stereocenters. The molecular weight excluding hydrogens is 262 g/mol. The van der Waals surface area contributed by atoms with Gasteiger partial charge in [-0.2, -0.15) is 5.10 Å². The molecule has 2 atom stereocenters. The maximum atomic E-state index is 11.5. The molecule has 0 spiro atoms. The first kappa shape index (κ1) is 12.9. The summed E-state index contributed by atoms with van der Waals surface area (Å²) in [6.45, 7) is 1.42. The van der Waals surface area contributed by atoms with E-state index < -0.39 is 12.1 Å². The third kappa shape index (κ3) is 2.45. The van der Waals surface area contributed by atoms with Crippen LogP contribution in [0.4, 0.5) is 0 Å². The SMILES string of the molecule is NC(=O)c1nn(C2C=CC=CO2)cc1C1COCCO1. The van der Waals surface area contributed by atoms with Crippen molar-refractivity contribution < 1.29 is 19.0 Å². The summed E-state index contributed by atoms with van der Waals surface area (Å²) in [5.74, 6) is -0.594. The quantitative estimate of drug-likeness (QED) is 0.877. The number of allylic oxidation sites excluding steroid dienone is 2.